The van der Waals surface area contributed by atoms with Crippen molar-refractivity contribution in [3.8, 4) is 0 Å². The van der Waals surface area contributed by atoms with E-state index in [0.29, 0.717) is 13.0 Å². The summed E-state index contributed by atoms with van der Waals surface area (Å²) in [6.45, 7) is 7.24. The Morgan fingerprint density at radius 3 is 2.30 bits per heavy atom. The highest BCUT2D eigenvalue weighted by Crippen LogP contribution is 2.08. The SMILES string of the molecule is CC/C=C/CCN(C)CCCCCCCCC(=O)OCCCC. The van der Waals surface area contributed by atoms with Crippen molar-refractivity contribution in [2.45, 2.75) is 84.5 Å². The van der Waals surface area contributed by atoms with Crippen LogP contribution >= 0.6 is 0 Å². The molecule has 0 aliphatic heterocycles. The quantitative estimate of drug-likeness (QED) is 0.218. The lowest BCUT2D eigenvalue weighted by Gasteiger charge is -2.15. The number of ether oxygens (including phenoxy) is 1. The first-order valence-corrected chi connectivity index (χ1v) is 9.69. The molecule has 136 valence electrons. The van der Waals surface area contributed by atoms with Gasteiger partial charge in [-0.25, -0.2) is 0 Å². The molecule has 0 saturated heterocycles. The van der Waals surface area contributed by atoms with Crippen LogP contribution in [0.25, 0.3) is 0 Å². The maximum absolute atomic E-state index is 11.4. The zero-order valence-corrected chi connectivity index (χ0v) is 15.8. The number of carbonyl (C=O) groups excluding carboxylic acids is 1. The van der Waals surface area contributed by atoms with E-state index in [4.69, 9.17) is 4.74 Å². The molecule has 0 N–H and O–H groups in total. The maximum Gasteiger partial charge on any atom is 0.305 e. The van der Waals surface area contributed by atoms with Crippen molar-refractivity contribution in [2.24, 2.45) is 0 Å². The number of rotatable bonds is 16. The predicted octanol–water partition coefficient (Wildman–Crippen LogP) is 5.35. The van der Waals surface area contributed by atoms with Crippen LogP contribution in [0, 0.1) is 0 Å². The molecule has 0 spiro atoms. The highest BCUT2D eigenvalue weighted by atomic mass is 16.5. The number of hydrogen-bond donors (Lipinski definition) is 0. The number of allylic oxidation sites excluding steroid dienone is 1. The Morgan fingerprint density at radius 2 is 1.61 bits per heavy atom. The van der Waals surface area contributed by atoms with E-state index in [1.807, 2.05) is 0 Å². The molecular formula is C20H39NO2. The van der Waals surface area contributed by atoms with E-state index in [1.165, 1.54) is 38.6 Å². The first-order chi connectivity index (χ1) is 11.2. The molecule has 0 aromatic rings. The van der Waals surface area contributed by atoms with Gasteiger partial charge in [0.05, 0.1) is 6.61 Å². The predicted molar refractivity (Wildman–Crippen MR) is 99.7 cm³/mol. The molecule has 0 atom stereocenters. The van der Waals surface area contributed by atoms with E-state index in [0.717, 1.165) is 38.6 Å². The van der Waals surface area contributed by atoms with E-state index in [1.54, 1.807) is 0 Å². The largest absolute Gasteiger partial charge is 0.466 e. The van der Waals surface area contributed by atoms with Gasteiger partial charge in [-0.3, -0.25) is 4.79 Å². The summed E-state index contributed by atoms with van der Waals surface area (Å²) in [6.07, 6.45) is 16.7. The highest BCUT2D eigenvalue weighted by Gasteiger charge is 2.02. The van der Waals surface area contributed by atoms with Gasteiger partial charge in [0.2, 0.25) is 0 Å². The third-order valence-corrected chi connectivity index (χ3v) is 4.01. The van der Waals surface area contributed by atoms with Gasteiger partial charge >= 0.3 is 5.97 Å². The molecule has 0 fully saturated rings. The Hall–Kier alpha value is -0.830. The minimum atomic E-state index is -0.0165. The molecule has 3 nitrogen and oxygen atoms in total. The van der Waals surface area contributed by atoms with Gasteiger partial charge in [0.15, 0.2) is 0 Å². The molecule has 0 aliphatic carbocycles. The molecule has 0 radical (unpaired) electrons. The fourth-order valence-corrected chi connectivity index (χ4v) is 2.45. The van der Waals surface area contributed by atoms with Crippen LogP contribution in [0.4, 0.5) is 0 Å². The van der Waals surface area contributed by atoms with Gasteiger partial charge in [-0.1, -0.05) is 58.1 Å². The number of unbranched alkanes of at least 4 members (excludes halogenated alkanes) is 6. The van der Waals surface area contributed by atoms with Crippen LogP contribution in [0.3, 0.4) is 0 Å². The van der Waals surface area contributed by atoms with Gasteiger partial charge in [-0.2, -0.15) is 0 Å². The highest BCUT2D eigenvalue weighted by molar-refractivity contribution is 5.69. The van der Waals surface area contributed by atoms with Crippen molar-refractivity contribution >= 4 is 5.97 Å². The lowest BCUT2D eigenvalue weighted by molar-refractivity contribution is -0.143. The van der Waals surface area contributed by atoms with Gasteiger partial charge in [-0.15, -0.1) is 0 Å². The summed E-state index contributed by atoms with van der Waals surface area (Å²) >= 11 is 0. The van der Waals surface area contributed by atoms with Crippen molar-refractivity contribution in [3.63, 3.8) is 0 Å². The van der Waals surface area contributed by atoms with Crippen molar-refractivity contribution in [1.29, 1.82) is 0 Å². The number of esters is 1. The molecule has 0 unspecified atom stereocenters. The lowest BCUT2D eigenvalue weighted by Crippen LogP contribution is -2.20. The average Bonchev–Trinajstić information content (AvgIpc) is 2.54. The minimum absolute atomic E-state index is 0.0165. The van der Waals surface area contributed by atoms with Crippen LogP contribution in [0.2, 0.25) is 0 Å². The Bertz CT molecular complexity index is 289. The molecule has 3 heteroatoms. The minimum Gasteiger partial charge on any atom is -0.466 e. The van der Waals surface area contributed by atoms with Crippen molar-refractivity contribution in [2.75, 3.05) is 26.7 Å². The molecule has 0 amide bonds. The fourth-order valence-electron chi connectivity index (χ4n) is 2.45. The number of hydrogen-bond acceptors (Lipinski definition) is 3. The van der Waals surface area contributed by atoms with E-state index in [9.17, 15) is 4.79 Å². The zero-order valence-electron chi connectivity index (χ0n) is 15.8. The molecule has 0 aromatic carbocycles. The molecule has 0 rings (SSSR count). The second-order valence-electron chi connectivity index (χ2n) is 6.42. The second-order valence-corrected chi connectivity index (χ2v) is 6.42. The molecule has 0 saturated carbocycles. The summed E-state index contributed by atoms with van der Waals surface area (Å²) < 4.78 is 5.15. The lowest BCUT2D eigenvalue weighted by atomic mass is 10.1. The number of nitrogens with zero attached hydrogens (tertiary/aromatic N) is 1. The zero-order chi connectivity index (χ0) is 17.2. The van der Waals surface area contributed by atoms with E-state index in [2.05, 4.69) is 37.9 Å². The molecule has 0 aromatic heterocycles. The molecular weight excluding hydrogens is 286 g/mol. The van der Waals surface area contributed by atoms with E-state index in [-0.39, 0.29) is 5.97 Å². The summed E-state index contributed by atoms with van der Waals surface area (Å²) in [4.78, 5) is 13.8. The van der Waals surface area contributed by atoms with Crippen molar-refractivity contribution in [1.82, 2.24) is 4.90 Å². The Balaban J connectivity index is 3.26. The molecule has 0 bridgehead atoms. The third kappa shape index (κ3) is 17.4. The van der Waals surface area contributed by atoms with Gasteiger partial charge in [0, 0.05) is 13.0 Å². The Morgan fingerprint density at radius 1 is 0.913 bits per heavy atom. The third-order valence-electron chi connectivity index (χ3n) is 4.01. The molecule has 0 aliphatic rings. The summed E-state index contributed by atoms with van der Waals surface area (Å²) in [5, 5.41) is 0. The normalized spacial score (nSPS) is 11.5. The molecule has 0 heterocycles. The van der Waals surface area contributed by atoms with Crippen molar-refractivity contribution in [3.05, 3.63) is 12.2 Å². The van der Waals surface area contributed by atoms with Crippen LogP contribution in [0.15, 0.2) is 12.2 Å². The monoisotopic (exact) mass is 325 g/mol. The average molecular weight is 326 g/mol. The standard InChI is InChI=1S/C20H39NO2/c1-4-6-8-14-17-21(3)18-15-12-10-9-11-13-16-20(22)23-19-7-5-2/h6,8H,4-5,7,9-19H2,1-3H3/b8-6+. The smallest absolute Gasteiger partial charge is 0.305 e. The number of carbonyl (C=O) groups is 1. The molecule has 23 heavy (non-hydrogen) atoms. The van der Waals surface area contributed by atoms with E-state index >= 15 is 0 Å². The van der Waals surface area contributed by atoms with Crippen LogP contribution in [0.5, 0.6) is 0 Å². The summed E-state index contributed by atoms with van der Waals surface area (Å²) in [7, 11) is 2.21. The Kier molecular flexibility index (Phi) is 16.9. The van der Waals surface area contributed by atoms with Gasteiger partial charge in [0.25, 0.3) is 0 Å². The van der Waals surface area contributed by atoms with Crippen LogP contribution in [-0.2, 0) is 9.53 Å². The Labute approximate surface area is 144 Å². The van der Waals surface area contributed by atoms with Gasteiger partial charge in [0.1, 0.15) is 0 Å². The first-order valence-electron chi connectivity index (χ1n) is 9.69. The fraction of sp³-hybridized carbons (Fsp3) is 0.850. The summed E-state index contributed by atoms with van der Waals surface area (Å²) in [6, 6.07) is 0. The van der Waals surface area contributed by atoms with Gasteiger partial charge in [-0.05, 0) is 45.7 Å². The first kappa shape index (κ1) is 22.2. The van der Waals surface area contributed by atoms with Crippen molar-refractivity contribution < 1.29 is 9.53 Å². The van der Waals surface area contributed by atoms with Gasteiger partial charge < -0.3 is 9.64 Å². The summed E-state index contributed by atoms with van der Waals surface area (Å²) in [5.41, 5.74) is 0. The van der Waals surface area contributed by atoms with E-state index < -0.39 is 0 Å². The topological polar surface area (TPSA) is 29.5 Å². The maximum atomic E-state index is 11.4. The van der Waals surface area contributed by atoms with Crippen LogP contribution in [-0.4, -0.2) is 37.6 Å². The van der Waals surface area contributed by atoms with Crippen LogP contribution < -0.4 is 0 Å². The van der Waals surface area contributed by atoms with Crippen LogP contribution in [0.1, 0.15) is 84.5 Å². The second kappa shape index (κ2) is 17.5. The summed E-state index contributed by atoms with van der Waals surface area (Å²) in [5.74, 6) is -0.0165.